The van der Waals surface area contributed by atoms with Crippen LogP contribution in [0.4, 0.5) is 5.00 Å². The fraction of sp³-hybridized carbons (Fsp3) is 0.316. The number of thiophene rings is 1. The maximum Gasteiger partial charge on any atom is 0.344 e. The van der Waals surface area contributed by atoms with Crippen LogP contribution in [0.5, 0.6) is 5.75 Å². The molecule has 1 aromatic heterocycles. The fourth-order valence-corrected chi connectivity index (χ4v) is 4.38. The number of ether oxygens (including phenoxy) is 2. The zero-order valence-corrected chi connectivity index (χ0v) is 16.7. The van der Waals surface area contributed by atoms with E-state index in [9.17, 15) is 14.4 Å². The van der Waals surface area contributed by atoms with Gasteiger partial charge in [0.15, 0.2) is 13.2 Å². The van der Waals surface area contributed by atoms with Gasteiger partial charge in [0.1, 0.15) is 10.8 Å². The van der Waals surface area contributed by atoms with Gasteiger partial charge < -0.3 is 20.5 Å². The predicted molar refractivity (Wildman–Crippen MR) is 106 cm³/mol. The largest absolute Gasteiger partial charge is 0.482 e. The van der Waals surface area contributed by atoms with E-state index < -0.39 is 24.4 Å². The number of nitrogens with two attached hydrogens (primary N) is 1. The van der Waals surface area contributed by atoms with Crippen molar-refractivity contribution < 1.29 is 23.9 Å². The molecule has 0 fully saturated rings. The van der Waals surface area contributed by atoms with Crippen LogP contribution in [-0.4, -0.2) is 31.0 Å². The third kappa shape index (κ3) is 4.63. The lowest BCUT2D eigenvalue weighted by Gasteiger charge is -2.09. The van der Waals surface area contributed by atoms with Crippen LogP contribution in [0.2, 0.25) is 5.02 Å². The molecular weight excluding hydrogens is 404 g/mol. The Balaban J connectivity index is 1.50. The molecule has 0 spiro atoms. The quantitative estimate of drug-likeness (QED) is 0.667. The number of halogens is 1. The SMILES string of the molecule is Cc1cc(OCC(=O)OCC(=O)Nc2sc3c(c2C(N)=O)CCC3)ccc1Cl. The molecule has 7 nitrogen and oxygen atoms in total. The minimum Gasteiger partial charge on any atom is -0.482 e. The van der Waals surface area contributed by atoms with E-state index in [0.717, 1.165) is 35.3 Å². The van der Waals surface area contributed by atoms with Gasteiger partial charge in [0.2, 0.25) is 0 Å². The number of fused-ring (bicyclic) bond motifs is 1. The van der Waals surface area contributed by atoms with Crippen molar-refractivity contribution in [3.8, 4) is 5.75 Å². The first-order valence-electron chi connectivity index (χ1n) is 8.64. The van der Waals surface area contributed by atoms with Crippen molar-refractivity contribution in [2.45, 2.75) is 26.2 Å². The summed E-state index contributed by atoms with van der Waals surface area (Å²) >= 11 is 7.27. The van der Waals surface area contributed by atoms with Gasteiger partial charge in [-0.25, -0.2) is 4.79 Å². The van der Waals surface area contributed by atoms with Crippen molar-refractivity contribution in [1.82, 2.24) is 0 Å². The summed E-state index contributed by atoms with van der Waals surface area (Å²) in [6.07, 6.45) is 2.61. The minimum atomic E-state index is -0.688. The van der Waals surface area contributed by atoms with E-state index >= 15 is 0 Å². The molecular formula is C19H19ClN2O5S. The van der Waals surface area contributed by atoms with Crippen molar-refractivity contribution >= 4 is 45.7 Å². The number of benzene rings is 1. The van der Waals surface area contributed by atoms with Gasteiger partial charge in [-0.1, -0.05) is 11.6 Å². The maximum absolute atomic E-state index is 12.1. The van der Waals surface area contributed by atoms with E-state index in [0.29, 0.717) is 21.3 Å². The van der Waals surface area contributed by atoms with Crippen LogP contribution < -0.4 is 15.8 Å². The van der Waals surface area contributed by atoms with Crippen LogP contribution in [0.25, 0.3) is 0 Å². The molecule has 2 aromatic rings. The zero-order chi connectivity index (χ0) is 20.3. The fourth-order valence-electron chi connectivity index (χ4n) is 2.95. The summed E-state index contributed by atoms with van der Waals surface area (Å²) in [7, 11) is 0. The third-order valence-electron chi connectivity index (χ3n) is 4.27. The first-order valence-corrected chi connectivity index (χ1v) is 9.83. The molecule has 0 radical (unpaired) electrons. The number of rotatable bonds is 7. The topological polar surface area (TPSA) is 108 Å². The summed E-state index contributed by atoms with van der Waals surface area (Å²) in [5.41, 5.74) is 7.54. The summed E-state index contributed by atoms with van der Waals surface area (Å²) in [6, 6.07) is 5.00. The van der Waals surface area contributed by atoms with Gasteiger partial charge >= 0.3 is 5.97 Å². The summed E-state index contributed by atoms with van der Waals surface area (Å²) < 4.78 is 10.2. The molecule has 28 heavy (non-hydrogen) atoms. The Morgan fingerprint density at radius 3 is 2.75 bits per heavy atom. The van der Waals surface area contributed by atoms with Crippen LogP contribution in [0.3, 0.4) is 0 Å². The Hall–Kier alpha value is -2.58. The lowest BCUT2D eigenvalue weighted by atomic mass is 10.1. The van der Waals surface area contributed by atoms with Gasteiger partial charge in [0, 0.05) is 9.90 Å². The highest BCUT2D eigenvalue weighted by Gasteiger charge is 2.26. The molecule has 0 aliphatic heterocycles. The summed E-state index contributed by atoms with van der Waals surface area (Å²) in [5.74, 6) is -1.33. The Morgan fingerprint density at radius 2 is 2.04 bits per heavy atom. The number of nitrogens with one attached hydrogen (secondary N) is 1. The molecule has 1 aromatic carbocycles. The van der Waals surface area contributed by atoms with Crippen molar-refractivity contribution in [2.75, 3.05) is 18.5 Å². The van der Waals surface area contributed by atoms with E-state index in [1.165, 1.54) is 11.3 Å². The van der Waals surface area contributed by atoms with Crippen LogP contribution >= 0.6 is 22.9 Å². The molecule has 3 rings (SSSR count). The smallest absolute Gasteiger partial charge is 0.344 e. The Kier molecular flexibility index (Phi) is 6.21. The molecule has 1 aliphatic rings. The number of hydrogen-bond acceptors (Lipinski definition) is 6. The van der Waals surface area contributed by atoms with Gasteiger partial charge in [-0.15, -0.1) is 11.3 Å². The lowest BCUT2D eigenvalue weighted by Crippen LogP contribution is -2.24. The van der Waals surface area contributed by atoms with Crippen LogP contribution in [0.15, 0.2) is 18.2 Å². The van der Waals surface area contributed by atoms with Gasteiger partial charge in [-0.3, -0.25) is 9.59 Å². The van der Waals surface area contributed by atoms with Crippen molar-refractivity contribution in [2.24, 2.45) is 5.73 Å². The van der Waals surface area contributed by atoms with Crippen molar-refractivity contribution in [1.29, 1.82) is 0 Å². The lowest BCUT2D eigenvalue weighted by molar-refractivity contribution is -0.149. The average Bonchev–Trinajstić information content (AvgIpc) is 3.21. The highest BCUT2D eigenvalue weighted by Crippen LogP contribution is 2.38. The van der Waals surface area contributed by atoms with E-state index in [-0.39, 0.29) is 6.61 Å². The van der Waals surface area contributed by atoms with E-state index in [1.807, 2.05) is 6.92 Å². The van der Waals surface area contributed by atoms with Gasteiger partial charge in [0.05, 0.1) is 5.56 Å². The molecule has 148 valence electrons. The van der Waals surface area contributed by atoms with Gasteiger partial charge in [-0.2, -0.15) is 0 Å². The van der Waals surface area contributed by atoms with E-state index in [2.05, 4.69) is 5.32 Å². The van der Waals surface area contributed by atoms with Gasteiger partial charge in [0.25, 0.3) is 11.8 Å². The average molecular weight is 423 g/mol. The number of primary amides is 1. The highest BCUT2D eigenvalue weighted by molar-refractivity contribution is 7.17. The zero-order valence-electron chi connectivity index (χ0n) is 15.2. The number of anilines is 1. The number of hydrogen-bond donors (Lipinski definition) is 2. The summed E-state index contributed by atoms with van der Waals surface area (Å²) in [5, 5.41) is 3.62. The number of esters is 1. The number of carbonyl (C=O) groups is 3. The van der Waals surface area contributed by atoms with Crippen molar-refractivity contribution in [3.05, 3.63) is 44.8 Å². The minimum absolute atomic E-state index is 0.339. The number of carbonyl (C=O) groups excluding carboxylic acids is 3. The highest BCUT2D eigenvalue weighted by atomic mass is 35.5. The van der Waals surface area contributed by atoms with E-state index in [4.69, 9.17) is 26.8 Å². The number of aryl methyl sites for hydroxylation is 2. The first-order chi connectivity index (χ1) is 13.3. The monoisotopic (exact) mass is 422 g/mol. The molecule has 0 bridgehead atoms. The molecule has 0 saturated carbocycles. The first kappa shape index (κ1) is 20.2. The molecule has 0 atom stereocenters. The third-order valence-corrected chi connectivity index (χ3v) is 5.90. The van der Waals surface area contributed by atoms with Crippen LogP contribution in [0, 0.1) is 6.92 Å². The molecule has 1 heterocycles. The summed E-state index contributed by atoms with van der Waals surface area (Å²) in [4.78, 5) is 36.7. The maximum atomic E-state index is 12.1. The Morgan fingerprint density at radius 1 is 1.25 bits per heavy atom. The van der Waals surface area contributed by atoms with Crippen LogP contribution in [-0.2, 0) is 27.2 Å². The Labute approximate surface area is 170 Å². The molecule has 3 N–H and O–H groups in total. The van der Waals surface area contributed by atoms with E-state index in [1.54, 1.807) is 18.2 Å². The molecule has 0 unspecified atom stereocenters. The second-order valence-corrected chi connectivity index (χ2v) is 7.85. The second-order valence-electron chi connectivity index (χ2n) is 6.33. The predicted octanol–water partition coefficient (Wildman–Crippen LogP) is 2.86. The molecule has 9 heteroatoms. The van der Waals surface area contributed by atoms with Crippen LogP contribution in [0.1, 0.15) is 32.8 Å². The number of amides is 2. The molecule has 0 saturated heterocycles. The normalized spacial score (nSPS) is 12.4. The van der Waals surface area contributed by atoms with Crippen molar-refractivity contribution in [3.63, 3.8) is 0 Å². The standard InChI is InChI=1S/C19H19ClN2O5S/c1-10-7-11(5-6-13(10)20)26-9-16(24)27-8-15(23)22-19-17(18(21)25)12-3-2-4-14(12)28-19/h5-7H,2-4,8-9H2,1H3,(H2,21,25)(H,22,23). The molecule has 1 aliphatic carbocycles. The van der Waals surface area contributed by atoms with Gasteiger partial charge in [-0.05, 0) is 55.5 Å². The summed E-state index contributed by atoms with van der Waals surface area (Å²) in [6.45, 7) is 0.995. The second kappa shape index (κ2) is 8.62. The molecule has 2 amide bonds. The Bertz CT molecular complexity index is 941.